The molecule has 1 aromatic heterocycles. The molecule has 0 aliphatic rings. The summed E-state index contributed by atoms with van der Waals surface area (Å²) in [7, 11) is 4.46. The van der Waals surface area contributed by atoms with Crippen molar-refractivity contribution in [3.8, 4) is 22.9 Å². The number of esters is 1. The summed E-state index contributed by atoms with van der Waals surface area (Å²) in [5.41, 5.74) is 13.2. The highest BCUT2D eigenvalue weighted by molar-refractivity contribution is 7.99. The number of hydrogen-bond donors (Lipinski definition) is 3. The van der Waals surface area contributed by atoms with E-state index in [2.05, 4.69) is 24.2 Å². The fraction of sp³-hybridized carbons (Fsp3) is 0.333. The van der Waals surface area contributed by atoms with Gasteiger partial charge in [0.1, 0.15) is 17.6 Å². The van der Waals surface area contributed by atoms with Gasteiger partial charge in [-0.2, -0.15) is 0 Å². The first-order valence-corrected chi connectivity index (χ1v) is 16.8. The summed E-state index contributed by atoms with van der Waals surface area (Å²) in [4.78, 5) is 33.7. The molecule has 14 heteroatoms. The Labute approximate surface area is 295 Å². The third kappa shape index (κ3) is 9.47. The van der Waals surface area contributed by atoms with Crippen LogP contribution in [0.15, 0.2) is 83.1 Å². The third-order valence-electron chi connectivity index (χ3n) is 8.00. The maximum absolute atomic E-state index is 13.9. The second-order valence-corrected chi connectivity index (χ2v) is 12.7. The Morgan fingerprint density at radius 1 is 1.00 bits per heavy atom. The van der Waals surface area contributed by atoms with Gasteiger partial charge in [0, 0.05) is 29.0 Å². The second kappa shape index (κ2) is 17.4. The number of imidazole rings is 1. The van der Waals surface area contributed by atoms with E-state index in [0.717, 1.165) is 16.9 Å². The van der Waals surface area contributed by atoms with Gasteiger partial charge in [0.25, 0.3) is 5.91 Å². The van der Waals surface area contributed by atoms with Crippen molar-refractivity contribution in [2.24, 2.45) is 16.5 Å². The molecule has 12 nitrogen and oxygen atoms in total. The first-order valence-electron chi connectivity index (χ1n) is 15.8. The third-order valence-corrected chi connectivity index (χ3v) is 8.91. The van der Waals surface area contributed by atoms with Crippen LogP contribution in [0.4, 0.5) is 4.39 Å². The van der Waals surface area contributed by atoms with Crippen molar-refractivity contribution in [2.75, 3.05) is 40.2 Å². The number of aromatic nitrogens is 2. The maximum Gasteiger partial charge on any atom is 0.328 e. The Kier molecular flexibility index (Phi) is 13.1. The number of carbonyl (C=O) groups is 2. The van der Waals surface area contributed by atoms with E-state index < -0.39 is 23.3 Å². The zero-order valence-electron chi connectivity index (χ0n) is 28.8. The number of ether oxygens (including phenoxy) is 4. The van der Waals surface area contributed by atoms with Crippen molar-refractivity contribution in [1.29, 1.82) is 0 Å². The van der Waals surface area contributed by atoms with Crippen molar-refractivity contribution in [1.82, 2.24) is 14.9 Å². The number of nitrogens with zero attached hydrogens (tertiary/aromatic N) is 3. The molecule has 0 aliphatic carbocycles. The standard InChI is InChI=1S/C36H43FN6O6S/c1-36(2,24-10-17-29(46-3)30(21-24)47-4)31-22-41-35(43(31)26-13-11-25(37)12-14-26)50-20-19-49-27-15-8-23(9-16-27)32(44)42-28(33(45)48-5)7-6-18-40-34(38)39/h8-17,21-22,28H,6-7,18-20H2,1-5H3,(H,42,44)(H4,38,39,40)/t28-/m0/s1. The van der Waals surface area contributed by atoms with Crippen LogP contribution in [0.1, 0.15) is 48.3 Å². The van der Waals surface area contributed by atoms with E-state index in [0.29, 0.717) is 59.7 Å². The number of carbonyl (C=O) groups excluding carboxylic acids is 2. The van der Waals surface area contributed by atoms with Crippen molar-refractivity contribution < 1.29 is 32.9 Å². The van der Waals surface area contributed by atoms with Crippen molar-refractivity contribution >= 4 is 29.6 Å². The van der Waals surface area contributed by atoms with Crippen LogP contribution in [-0.2, 0) is 14.9 Å². The average Bonchev–Trinajstić information content (AvgIpc) is 3.55. The maximum atomic E-state index is 13.9. The Morgan fingerprint density at radius 3 is 2.34 bits per heavy atom. The number of amides is 1. The van der Waals surface area contributed by atoms with Gasteiger partial charge >= 0.3 is 5.97 Å². The highest BCUT2D eigenvalue weighted by atomic mass is 32.2. The minimum absolute atomic E-state index is 0.0403. The SMILES string of the molecule is COC(=O)[C@H](CCCN=C(N)N)NC(=O)c1ccc(OCCSc2ncc(C(C)(C)c3ccc(OC)c(OC)c3)n2-c2ccc(F)cc2)cc1. The number of halogens is 1. The summed E-state index contributed by atoms with van der Waals surface area (Å²) in [5, 5.41) is 3.42. The lowest BCUT2D eigenvalue weighted by atomic mass is 9.81. The molecule has 4 aromatic rings. The molecule has 0 unspecified atom stereocenters. The molecule has 0 radical (unpaired) electrons. The van der Waals surface area contributed by atoms with Crippen molar-refractivity contribution in [3.05, 3.63) is 95.6 Å². The minimum atomic E-state index is -0.845. The van der Waals surface area contributed by atoms with E-state index in [9.17, 15) is 14.0 Å². The molecule has 0 fully saturated rings. The summed E-state index contributed by atoms with van der Waals surface area (Å²) in [6, 6.07) is 17.9. The quantitative estimate of drug-likeness (QED) is 0.0455. The molecule has 50 heavy (non-hydrogen) atoms. The molecule has 0 bridgehead atoms. The molecule has 0 saturated heterocycles. The topological polar surface area (TPSA) is 165 Å². The first kappa shape index (κ1) is 37.6. The summed E-state index contributed by atoms with van der Waals surface area (Å²) >= 11 is 1.50. The predicted octanol–water partition coefficient (Wildman–Crippen LogP) is 4.85. The van der Waals surface area contributed by atoms with Crippen LogP contribution in [0.5, 0.6) is 17.2 Å². The molecular weight excluding hydrogens is 663 g/mol. The molecule has 0 spiro atoms. The van der Waals surface area contributed by atoms with Crippen molar-refractivity contribution in [3.63, 3.8) is 0 Å². The molecule has 4 rings (SSSR count). The van der Waals surface area contributed by atoms with Crippen LogP contribution in [-0.4, -0.2) is 73.7 Å². The lowest BCUT2D eigenvalue weighted by Gasteiger charge is -2.28. The monoisotopic (exact) mass is 706 g/mol. The molecule has 0 saturated carbocycles. The van der Waals surface area contributed by atoms with Gasteiger partial charge in [-0.3, -0.25) is 14.4 Å². The van der Waals surface area contributed by atoms with Gasteiger partial charge in [0.05, 0.1) is 39.8 Å². The average molecular weight is 707 g/mol. The number of rotatable bonds is 17. The summed E-state index contributed by atoms with van der Waals surface area (Å²) in [6.45, 7) is 4.86. The number of aliphatic imine (C=N–C) groups is 1. The summed E-state index contributed by atoms with van der Waals surface area (Å²) in [5.74, 6) is 1.02. The number of guanidine groups is 1. The predicted molar refractivity (Wildman–Crippen MR) is 191 cm³/mol. The zero-order chi connectivity index (χ0) is 36.3. The first-order chi connectivity index (χ1) is 24.0. The second-order valence-electron chi connectivity index (χ2n) is 11.7. The fourth-order valence-corrected chi connectivity index (χ4v) is 6.03. The highest BCUT2D eigenvalue weighted by Crippen LogP contribution is 2.39. The molecular formula is C36H43FN6O6S. The van der Waals surface area contributed by atoms with Gasteiger partial charge in [-0.15, -0.1) is 0 Å². The lowest BCUT2D eigenvalue weighted by Crippen LogP contribution is -2.41. The minimum Gasteiger partial charge on any atom is -0.493 e. The summed E-state index contributed by atoms with van der Waals surface area (Å²) in [6.07, 6.45) is 2.62. The Bertz CT molecular complexity index is 1770. The number of nitrogens with two attached hydrogens (primary N) is 2. The molecule has 3 aromatic carbocycles. The number of benzene rings is 3. The largest absolute Gasteiger partial charge is 0.493 e. The molecule has 0 aliphatic heterocycles. The van der Waals surface area contributed by atoms with Crippen molar-refractivity contribution in [2.45, 2.75) is 43.3 Å². The number of nitrogens with one attached hydrogen (secondary N) is 1. The van der Waals surface area contributed by atoms with Gasteiger partial charge < -0.3 is 35.7 Å². The van der Waals surface area contributed by atoms with Crippen LogP contribution in [0.3, 0.4) is 0 Å². The molecule has 1 heterocycles. The van der Waals surface area contributed by atoms with Crippen LogP contribution >= 0.6 is 11.8 Å². The molecule has 5 N–H and O–H groups in total. The number of methoxy groups -OCH3 is 3. The number of thioether (sulfide) groups is 1. The fourth-order valence-electron chi connectivity index (χ4n) is 5.22. The molecule has 1 amide bonds. The lowest BCUT2D eigenvalue weighted by molar-refractivity contribution is -0.143. The van der Waals surface area contributed by atoms with E-state index in [4.69, 9.17) is 35.4 Å². The Balaban J connectivity index is 1.42. The normalized spacial score (nSPS) is 11.7. The van der Waals surface area contributed by atoms with E-state index >= 15 is 0 Å². The highest BCUT2D eigenvalue weighted by Gasteiger charge is 2.30. The van der Waals surface area contributed by atoms with E-state index in [1.54, 1.807) is 50.6 Å². The van der Waals surface area contributed by atoms with E-state index in [1.165, 1.54) is 31.0 Å². The molecule has 1 atom stereocenters. The van der Waals surface area contributed by atoms with Crippen LogP contribution in [0.25, 0.3) is 5.69 Å². The zero-order valence-corrected chi connectivity index (χ0v) is 29.6. The van der Waals surface area contributed by atoms with Gasteiger partial charge in [-0.25, -0.2) is 14.2 Å². The molecule has 266 valence electrons. The van der Waals surface area contributed by atoms with Gasteiger partial charge in [-0.1, -0.05) is 31.7 Å². The summed E-state index contributed by atoms with van der Waals surface area (Å²) < 4.78 is 37.7. The van der Waals surface area contributed by atoms with Crippen LogP contribution in [0.2, 0.25) is 0 Å². The Morgan fingerprint density at radius 2 is 1.70 bits per heavy atom. The van der Waals surface area contributed by atoms with Gasteiger partial charge in [-0.05, 0) is 79.1 Å². The van der Waals surface area contributed by atoms with Crippen LogP contribution < -0.4 is 31.0 Å². The van der Waals surface area contributed by atoms with E-state index in [-0.39, 0.29) is 11.8 Å². The van der Waals surface area contributed by atoms with Gasteiger partial charge in [0.15, 0.2) is 22.6 Å². The van der Waals surface area contributed by atoms with Gasteiger partial charge in [0.2, 0.25) is 0 Å². The smallest absolute Gasteiger partial charge is 0.328 e. The number of hydrogen-bond acceptors (Lipinski definition) is 9. The van der Waals surface area contributed by atoms with E-state index in [1.807, 2.05) is 29.0 Å². The van der Waals surface area contributed by atoms with Crippen LogP contribution in [0, 0.1) is 5.82 Å². The Hall–Kier alpha value is -5.24.